The largest absolute Gasteiger partial charge is 0.497 e. The van der Waals surface area contributed by atoms with Gasteiger partial charge in [-0.15, -0.1) is 0 Å². The molecule has 0 saturated heterocycles. The number of amides is 1. The predicted molar refractivity (Wildman–Crippen MR) is 104 cm³/mol. The second-order valence-corrected chi connectivity index (χ2v) is 6.92. The molecule has 1 amide bonds. The molecule has 6 heteroatoms. The third-order valence-corrected chi connectivity index (χ3v) is 4.77. The molecule has 0 aliphatic heterocycles. The Kier molecular flexibility index (Phi) is 5.52. The Balaban J connectivity index is 1.75. The lowest BCUT2D eigenvalue weighted by atomic mass is 10.1. The van der Waals surface area contributed by atoms with E-state index in [1.54, 1.807) is 32.4 Å². The standard InChI is InChI=1S/C20H20BrNO4/c1-22(11-13-8-15(21)4-7-18(13)25-3)20(23)9-14-12-26-19-10-16(24-2)5-6-17(14)19/h4-8,10,12H,9,11H2,1-3H3. The Morgan fingerprint density at radius 1 is 1.12 bits per heavy atom. The number of benzene rings is 2. The maximum Gasteiger partial charge on any atom is 0.227 e. The average Bonchev–Trinajstić information content (AvgIpc) is 3.03. The van der Waals surface area contributed by atoms with Crippen LogP contribution in [0.4, 0.5) is 0 Å². The summed E-state index contributed by atoms with van der Waals surface area (Å²) in [5, 5.41) is 0.924. The summed E-state index contributed by atoms with van der Waals surface area (Å²) in [5.74, 6) is 1.49. The average molecular weight is 418 g/mol. The maximum atomic E-state index is 12.7. The van der Waals surface area contributed by atoms with E-state index in [9.17, 15) is 4.79 Å². The lowest BCUT2D eigenvalue weighted by molar-refractivity contribution is -0.129. The van der Waals surface area contributed by atoms with Gasteiger partial charge >= 0.3 is 0 Å². The number of hydrogen-bond donors (Lipinski definition) is 0. The van der Waals surface area contributed by atoms with Gasteiger partial charge < -0.3 is 18.8 Å². The number of carbonyl (C=O) groups is 1. The van der Waals surface area contributed by atoms with E-state index in [2.05, 4.69) is 15.9 Å². The topological polar surface area (TPSA) is 51.9 Å². The summed E-state index contributed by atoms with van der Waals surface area (Å²) in [6.45, 7) is 0.463. The predicted octanol–water partition coefficient (Wildman–Crippen LogP) is 4.41. The summed E-state index contributed by atoms with van der Waals surface area (Å²) < 4.78 is 17.1. The molecule has 0 atom stereocenters. The molecule has 0 unspecified atom stereocenters. The number of halogens is 1. The first-order chi connectivity index (χ1) is 12.5. The van der Waals surface area contributed by atoms with Crippen LogP contribution in [0.1, 0.15) is 11.1 Å². The van der Waals surface area contributed by atoms with Crippen molar-refractivity contribution in [3.63, 3.8) is 0 Å². The minimum absolute atomic E-state index is 0.00514. The number of fused-ring (bicyclic) bond motifs is 1. The van der Waals surface area contributed by atoms with Crippen LogP contribution in [0.15, 0.2) is 51.6 Å². The van der Waals surface area contributed by atoms with Crippen LogP contribution in [-0.4, -0.2) is 32.1 Å². The van der Waals surface area contributed by atoms with Crippen molar-refractivity contribution in [2.45, 2.75) is 13.0 Å². The van der Waals surface area contributed by atoms with E-state index in [-0.39, 0.29) is 12.3 Å². The van der Waals surface area contributed by atoms with E-state index in [0.29, 0.717) is 12.1 Å². The zero-order valence-electron chi connectivity index (χ0n) is 14.9. The summed E-state index contributed by atoms with van der Waals surface area (Å²) in [6, 6.07) is 11.4. The normalized spacial score (nSPS) is 10.8. The van der Waals surface area contributed by atoms with Crippen LogP contribution in [0.3, 0.4) is 0 Å². The van der Waals surface area contributed by atoms with Crippen molar-refractivity contribution in [3.05, 3.63) is 58.3 Å². The molecule has 0 bridgehead atoms. The fraction of sp³-hybridized carbons (Fsp3) is 0.250. The molecule has 0 radical (unpaired) electrons. The van der Waals surface area contributed by atoms with E-state index >= 15 is 0 Å². The van der Waals surface area contributed by atoms with Crippen molar-refractivity contribution in [3.8, 4) is 11.5 Å². The monoisotopic (exact) mass is 417 g/mol. The number of ether oxygens (including phenoxy) is 2. The van der Waals surface area contributed by atoms with E-state index in [0.717, 1.165) is 32.5 Å². The third kappa shape index (κ3) is 3.85. The number of carbonyl (C=O) groups excluding carboxylic acids is 1. The van der Waals surface area contributed by atoms with Crippen LogP contribution in [-0.2, 0) is 17.8 Å². The molecule has 2 aromatic carbocycles. The third-order valence-electron chi connectivity index (χ3n) is 4.28. The summed E-state index contributed by atoms with van der Waals surface area (Å²) in [6.07, 6.45) is 1.90. The highest BCUT2D eigenvalue weighted by molar-refractivity contribution is 9.10. The molecule has 1 aromatic heterocycles. The van der Waals surface area contributed by atoms with Gasteiger partial charge in [-0.3, -0.25) is 4.79 Å². The number of nitrogens with zero attached hydrogens (tertiary/aromatic N) is 1. The Morgan fingerprint density at radius 3 is 2.65 bits per heavy atom. The van der Waals surface area contributed by atoms with Crippen molar-refractivity contribution < 1.29 is 18.7 Å². The molecule has 0 N–H and O–H groups in total. The lowest BCUT2D eigenvalue weighted by Crippen LogP contribution is -2.27. The van der Waals surface area contributed by atoms with Gasteiger partial charge in [-0.1, -0.05) is 15.9 Å². The van der Waals surface area contributed by atoms with Gasteiger partial charge in [-0.05, 0) is 30.3 Å². The molecule has 0 saturated carbocycles. The first-order valence-corrected chi connectivity index (χ1v) is 8.91. The molecule has 0 fully saturated rings. The van der Waals surface area contributed by atoms with Gasteiger partial charge in [0.05, 0.1) is 26.9 Å². The van der Waals surface area contributed by atoms with Gasteiger partial charge in [0.1, 0.15) is 17.1 Å². The van der Waals surface area contributed by atoms with Crippen molar-refractivity contribution in [1.82, 2.24) is 4.90 Å². The molecule has 0 spiro atoms. The summed E-state index contributed by atoms with van der Waals surface area (Å²) in [5.41, 5.74) is 2.52. The van der Waals surface area contributed by atoms with Gasteiger partial charge in [0.25, 0.3) is 0 Å². The molecular formula is C20H20BrNO4. The van der Waals surface area contributed by atoms with Crippen molar-refractivity contribution in [2.75, 3.05) is 21.3 Å². The first-order valence-electron chi connectivity index (χ1n) is 8.12. The highest BCUT2D eigenvalue weighted by Gasteiger charge is 2.16. The van der Waals surface area contributed by atoms with E-state index in [1.165, 1.54) is 0 Å². The smallest absolute Gasteiger partial charge is 0.227 e. The lowest BCUT2D eigenvalue weighted by Gasteiger charge is -2.19. The minimum atomic E-state index is 0.00514. The van der Waals surface area contributed by atoms with E-state index in [1.807, 2.05) is 36.4 Å². The maximum absolute atomic E-state index is 12.7. The van der Waals surface area contributed by atoms with Crippen LogP contribution in [0.2, 0.25) is 0 Å². The van der Waals surface area contributed by atoms with Crippen molar-refractivity contribution in [2.24, 2.45) is 0 Å². The van der Waals surface area contributed by atoms with Gasteiger partial charge in [0.15, 0.2) is 0 Å². The zero-order chi connectivity index (χ0) is 18.7. The molecule has 0 aliphatic carbocycles. The van der Waals surface area contributed by atoms with Gasteiger partial charge in [-0.2, -0.15) is 0 Å². The van der Waals surface area contributed by atoms with Crippen LogP contribution >= 0.6 is 15.9 Å². The molecule has 5 nitrogen and oxygen atoms in total. The quantitative estimate of drug-likeness (QED) is 0.595. The van der Waals surface area contributed by atoms with Gasteiger partial charge in [-0.25, -0.2) is 0 Å². The molecule has 136 valence electrons. The number of likely N-dealkylation sites (N-methyl/N-ethyl adjacent to an activating group) is 1. The number of methoxy groups -OCH3 is 2. The highest BCUT2D eigenvalue weighted by Crippen LogP contribution is 2.27. The van der Waals surface area contributed by atoms with Gasteiger partial charge in [0.2, 0.25) is 5.91 Å². The molecule has 3 rings (SSSR count). The fourth-order valence-corrected chi connectivity index (χ4v) is 3.25. The van der Waals surface area contributed by atoms with E-state index in [4.69, 9.17) is 13.9 Å². The molecule has 3 aromatic rings. The Hall–Kier alpha value is -2.47. The Morgan fingerprint density at radius 2 is 1.92 bits per heavy atom. The second kappa shape index (κ2) is 7.83. The summed E-state index contributed by atoms with van der Waals surface area (Å²) in [7, 11) is 5.02. The molecule has 26 heavy (non-hydrogen) atoms. The second-order valence-electron chi connectivity index (χ2n) is 6.01. The fourth-order valence-electron chi connectivity index (χ4n) is 2.84. The van der Waals surface area contributed by atoms with Crippen LogP contribution in [0.25, 0.3) is 11.0 Å². The Bertz CT molecular complexity index is 935. The number of hydrogen-bond acceptors (Lipinski definition) is 4. The van der Waals surface area contributed by atoms with Crippen LogP contribution < -0.4 is 9.47 Å². The number of furan rings is 1. The van der Waals surface area contributed by atoms with Crippen molar-refractivity contribution in [1.29, 1.82) is 0 Å². The van der Waals surface area contributed by atoms with Gasteiger partial charge in [0, 0.05) is 40.6 Å². The summed E-state index contributed by atoms with van der Waals surface area (Å²) in [4.78, 5) is 14.4. The first kappa shape index (κ1) is 18.3. The molecular weight excluding hydrogens is 398 g/mol. The van der Waals surface area contributed by atoms with E-state index < -0.39 is 0 Å². The minimum Gasteiger partial charge on any atom is -0.497 e. The Labute approximate surface area is 160 Å². The van der Waals surface area contributed by atoms with Crippen LogP contribution in [0, 0.1) is 0 Å². The van der Waals surface area contributed by atoms with Crippen molar-refractivity contribution >= 4 is 32.8 Å². The molecule has 0 aliphatic rings. The highest BCUT2D eigenvalue weighted by atomic mass is 79.9. The van der Waals surface area contributed by atoms with Crippen LogP contribution in [0.5, 0.6) is 11.5 Å². The summed E-state index contributed by atoms with van der Waals surface area (Å²) >= 11 is 3.46. The number of rotatable bonds is 6. The SMILES string of the molecule is COc1ccc2c(CC(=O)N(C)Cc3cc(Br)ccc3OC)coc2c1. The molecule has 1 heterocycles. The zero-order valence-corrected chi connectivity index (χ0v) is 16.5.